The summed E-state index contributed by atoms with van der Waals surface area (Å²) >= 11 is 1.52. The van der Waals surface area contributed by atoms with Gasteiger partial charge in [0.1, 0.15) is 5.82 Å². The van der Waals surface area contributed by atoms with Crippen LogP contribution in [0, 0.1) is 0 Å². The largest absolute Gasteiger partial charge is 0.383 e. The van der Waals surface area contributed by atoms with Crippen LogP contribution >= 0.6 is 11.3 Å². The summed E-state index contributed by atoms with van der Waals surface area (Å²) in [5.74, 6) is 0.00392. The molecular weight excluding hydrogens is 210 g/mol. The van der Waals surface area contributed by atoms with Gasteiger partial charge in [-0.1, -0.05) is 0 Å². The summed E-state index contributed by atoms with van der Waals surface area (Å²) in [6.07, 6.45) is 1.55. The predicted octanol–water partition coefficient (Wildman–Crippen LogP) is 1.98. The molecule has 0 aliphatic rings. The van der Waals surface area contributed by atoms with Gasteiger partial charge in [0.2, 0.25) is 0 Å². The molecule has 2 heterocycles. The Morgan fingerprint density at radius 1 is 1.47 bits per heavy atom. The van der Waals surface area contributed by atoms with Gasteiger partial charge in [0.25, 0.3) is 5.91 Å². The number of nitrogens with two attached hydrogens (primary N) is 1. The molecule has 0 aliphatic carbocycles. The fraction of sp³-hybridized carbons (Fsp3) is 0. The SMILES string of the molecule is Nc1ncccc1C(=O)Nc1ccsc1. The molecule has 4 nitrogen and oxygen atoms in total. The van der Waals surface area contributed by atoms with E-state index in [4.69, 9.17) is 5.73 Å². The number of carbonyl (C=O) groups excluding carboxylic acids is 1. The van der Waals surface area contributed by atoms with Gasteiger partial charge in [0.15, 0.2) is 0 Å². The topological polar surface area (TPSA) is 68.0 Å². The average Bonchev–Trinajstić information content (AvgIpc) is 2.71. The first kappa shape index (κ1) is 9.67. The van der Waals surface area contributed by atoms with Gasteiger partial charge in [-0.25, -0.2) is 4.98 Å². The molecule has 5 heteroatoms. The molecule has 0 atom stereocenters. The first-order valence-electron chi connectivity index (χ1n) is 4.31. The normalized spacial score (nSPS) is 9.87. The highest BCUT2D eigenvalue weighted by Crippen LogP contribution is 2.14. The maximum atomic E-state index is 11.7. The van der Waals surface area contributed by atoms with Crippen molar-refractivity contribution in [3.63, 3.8) is 0 Å². The number of aromatic nitrogens is 1. The summed E-state index contributed by atoms with van der Waals surface area (Å²) in [7, 11) is 0. The Kier molecular flexibility index (Phi) is 2.64. The molecule has 2 aromatic rings. The summed E-state index contributed by atoms with van der Waals surface area (Å²) in [5, 5.41) is 6.47. The van der Waals surface area contributed by atoms with Crippen molar-refractivity contribution in [1.29, 1.82) is 0 Å². The second-order valence-corrected chi connectivity index (χ2v) is 3.68. The van der Waals surface area contributed by atoms with E-state index in [1.54, 1.807) is 18.3 Å². The van der Waals surface area contributed by atoms with Crippen LogP contribution in [0.4, 0.5) is 11.5 Å². The van der Waals surface area contributed by atoms with Crippen molar-refractivity contribution in [2.24, 2.45) is 0 Å². The molecule has 1 amide bonds. The number of nitrogen functional groups attached to an aromatic ring is 1. The highest BCUT2D eigenvalue weighted by molar-refractivity contribution is 7.08. The number of hydrogen-bond donors (Lipinski definition) is 2. The molecular formula is C10H9N3OS. The number of pyridine rings is 1. The molecule has 76 valence electrons. The summed E-state index contributed by atoms with van der Waals surface area (Å²) in [5.41, 5.74) is 6.74. The van der Waals surface area contributed by atoms with E-state index in [1.807, 2.05) is 16.8 Å². The number of carbonyl (C=O) groups is 1. The van der Waals surface area contributed by atoms with Crippen molar-refractivity contribution in [3.8, 4) is 0 Å². The maximum Gasteiger partial charge on any atom is 0.259 e. The van der Waals surface area contributed by atoms with Crippen molar-refractivity contribution in [3.05, 3.63) is 40.7 Å². The third kappa shape index (κ3) is 2.13. The summed E-state index contributed by atoms with van der Waals surface area (Å²) in [4.78, 5) is 15.6. The van der Waals surface area contributed by atoms with Crippen LogP contribution in [0.15, 0.2) is 35.2 Å². The molecule has 0 aliphatic heterocycles. The van der Waals surface area contributed by atoms with Crippen molar-refractivity contribution in [2.75, 3.05) is 11.1 Å². The average molecular weight is 219 g/mol. The van der Waals surface area contributed by atoms with E-state index in [0.29, 0.717) is 5.56 Å². The van der Waals surface area contributed by atoms with Gasteiger partial charge < -0.3 is 11.1 Å². The molecule has 2 aromatic heterocycles. The lowest BCUT2D eigenvalue weighted by atomic mass is 10.2. The van der Waals surface area contributed by atoms with E-state index in [-0.39, 0.29) is 11.7 Å². The summed E-state index contributed by atoms with van der Waals surface area (Å²) < 4.78 is 0. The molecule has 0 saturated carbocycles. The Hall–Kier alpha value is -1.88. The molecule has 0 radical (unpaired) electrons. The van der Waals surface area contributed by atoms with Gasteiger partial charge in [-0.05, 0) is 23.6 Å². The number of amides is 1. The fourth-order valence-corrected chi connectivity index (χ4v) is 1.73. The van der Waals surface area contributed by atoms with Crippen LogP contribution in [0.25, 0.3) is 0 Å². The second-order valence-electron chi connectivity index (χ2n) is 2.90. The highest BCUT2D eigenvalue weighted by Gasteiger charge is 2.09. The number of hydrogen-bond acceptors (Lipinski definition) is 4. The molecule has 2 rings (SSSR count). The molecule has 0 fully saturated rings. The zero-order chi connectivity index (χ0) is 10.7. The lowest BCUT2D eigenvalue weighted by Gasteiger charge is -2.04. The molecule has 0 unspecified atom stereocenters. The van der Waals surface area contributed by atoms with E-state index in [9.17, 15) is 4.79 Å². The quantitative estimate of drug-likeness (QED) is 0.811. The monoisotopic (exact) mass is 219 g/mol. The maximum absolute atomic E-state index is 11.7. The van der Waals surface area contributed by atoms with Crippen LogP contribution in [-0.2, 0) is 0 Å². The Morgan fingerprint density at radius 2 is 2.33 bits per heavy atom. The van der Waals surface area contributed by atoms with Crippen molar-refractivity contribution >= 4 is 28.7 Å². The van der Waals surface area contributed by atoms with E-state index in [2.05, 4.69) is 10.3 Å². The minimum absolute atomic E-state index is 0.237. The Balaban J connectivity index is 2.19. The Morgan fingerprint density at radius 3 is 3.00 bits per heavy atom. The van der Waals surface area contributed by atoms with Crippen molar-refractivity contribution in [1.82, 2.24) is 4.98 Å². The van der Waals surface area contributed by atoms with E-state index >= 15 is 0 Å². The first-order valence-corrected chi connectivity index (χ1v) is 5.25. The van der Waals surface area contributed by atoms with Gasteiger partial charge in [-0.15, -0.1) is 0 Å². The fourth-order valence-electron chi connectivity index (χ4n) is 1.14. The third-order valence-electron chi connectivity index (χ3n) is 1.86. The molecule has 0 spiro atoms. The summed E-state index contributed by atoms with van der Waals surface area (Å²) in [6.45, 7) is 0. The lowest BCUT2D eigenvalue weighted by molar-refractivity contribution is 0.102. The van der Waals surface area contributed by atoms with E-state index in [1.165, 1.54) is 11.3 Å². The lowest BCUT2D eigenvalue weighted by Crippen LogP contribution is -2.14. The molecule has 0 aromatic carbocycles. The number of nitrogens with one attached hydrogen (secondary N) is 1. The van der Waals surface area contributed by atoms with Gasteiger partial charge in [-0.3, -0.25) is 4.79 Å². The van der Waals surface area contributed by atoms with Gasteiger partial charge >= 0.3 is 0 Å². The number of rotatable bonds is 2. The minimum Gasteiger partial charge on any atom is -0.383 e. The van der Waals surface area contributed by atoms with Crippen LogP contribution in [0.3, 0.4) is 0 Å². The number of thiophene rings is 1. The van der Waals surface area contributed by atoms with Crippen LogP contribution in [0.1, 0.15) is 10.4 Å². The minimum atomic E-state index is -0.237. The first-order chi connectivity index (χ1) is 7.27. The van der Waals surface area contributed by atoms with Crippen LogP contribution in [-0.4, -0.2) is 10.9 Å². The van der Waals surface area contributed by atoms with Gasteiger partial charge in [0.05, 0.1) is 11.3 Å². The Labute approximate surface area is 90.8 Å². The van der Waals surface area contributed by atoms with Gasteiger partial charge in [0, 0.05) is 11.6 Å². The predicted molar refractivity (Wildman–Crippen MR) is 60.9 cm³/mol. The van der Waals surface area contributed by atoms with Crippen molar-refractivity contribution < 1.29 is 4.79 Å². The molecule has 0 saturated heterocycles. The van der Waals surface area contributed by atoms with Gasteiger partial charge in [-0.2, -0.15) is 11.3 Å². The van der Waals surface area contributed by atoms with E-state index in [0.717, 1.165) is 5.69 Å². The molecule has 15 heavy (non-hydrogen) atoms. The van der Waals surface area contributed by atoms with Crippen LogP contribution in [0.5, 0.6) is 0 Å². The third-order valence-corrected chi connectivity index (χ3v) is 2.55. The smallest absolute Gasteiger partial charge is 0.259 e. The van der Waals surface area contributed by atoms with E-state index < -0.39 is 0 Å². The highest BCUT2D eigenvalue weighted by atomic mass is 32.1. The number of anilines is 2. The summed E-state index contributed by atoms with van der Waals surface area (Å²) in [6, 6.07) is 5.15. The molecule has 3 N–H and O–H groups in total. The van der Waals surface area contributed by atoms with Crippen molar-refractivity contribution in [2.45, 2.75) is 0 Å². The van der Waals surface area contributed by atoms with Crippen LogP contribution < -0.4 is 11.1 Å². The van der Waals surface area contributed by atoms with Crippen LogP contribution in [0.2, 0.25) is 0 Å². The number of nitrogens with zero attached hydrogens (tertiary/aromatic N) is 1. The zero-order valence-corrected chi connectivity index (χ0v) is 8.62. The second kappa shape index (κ2) is 4.10. The Bertz CT molecular complexity index is 467. The molecule has 0 bridgehead atoms. The zero-order valence-electron chi connectivity index (χ0n) is 7.81. The standard InChI is InChI=1S/C10H9N3OS/c11-9-8(2-1-4-12-9)10(14)13-7-3-5-15-6-7/h1-6H,(H2,11,12)(H,13,14).